The number of rotatable bonds is 5. The van der Waals surface area contributed by atoms with Crippen molar-refractivity contribution in [2.45, 2.75) is 52.0 Å². The largest absolute Gasteiger partial charge is 0.325 e. The van der Waals surface area contributed by atoms with Crippen molar-refractivity contribution in [2.24, 2.45) is 11.7 Å². The minimum atomic E-state index is 0.0134. The van der Waals surface area contributed by atoms with Crippen molar-refractivity contribution < 1.29 is 0 Å². The Balaban J connectivity index is 2.21. The molecule has 1 atom stereocenters. The van der Waals surface area contributed by atoms with Gasteiger partial charge in [0.25, 0.3) is 0 Å². The summed E-state index contributed by atoms with van der Waals surface area (Å²) in [6.45, 7) is 10.3. The van der Waals surface area contributed by atoms with E-state index >= 15 is 0 Å². The fourth-order valence-corrected chi connectivity index (χ4v) is 2.23. The second kappa shape index (κ2) is 5.13. The monoisotopic (exact) mass is 198 g/mol. The van der Waals surface area contributed by atoms with Gasteiger partial charge in [-0.2, -0.15) is 0 Å². The number of nitrogens with two attached hydrogens (primary N) is 1. The van der Waals surface area contributed by atoms with Crippen LogP contribution in [-0.4, -0.2) is 30.1 Å². The first kappa shape index (κ1) is 12.0. The van der Waals surface area contributed by atoms with Crippen LogP contribution in [0, 0.1) is 5.92 Å². The molecule has 0 aromatic carbocycles. The van der Waals surface area contributed by atoms with Crippen LogP contribution in [0.3, 0.4) is 0 Å². The van der Waals surface area contributed by atoms with Crippen LogP contribution in [0.1, 0.15) is 46.5 Å². The molecule has 0 spiro atoms. The first-order chi connectivity index (χ1) is 6.54. The van der Waals surface area contributed by atoms with Crippen molar-refractivity contribution in [3.8, 4) is 0 Å². The molecule has 1 unspecified atom stereocenters. The highest BCUT2D eigenvalue weighted by Crippen LogP contribution is 2.25. The molecule has 0 aromatic rings. The fraction of sp³-hybridized carbons (Fsp3) is 1.00. The van der Waals surface area contributed by atoms with Gasteiger partial charge in [0.1, 0.15) is 0 Å². The molecule has 84 valence electrons. The minimum Gasteiger partial charge on any atom is -0.325 e. The van der Waals surface area contributed by atoms with Gasteiger partial charge in [-0.25, -0.2) is 0 Å². The van der Waals surface area contributed by atoms with Crippen molar-refractivity contribution in [1.82, 2.24) is 4.90 Å². The summed E-state index contributed by atoms with van der Waals surface area (Å²) >= 11 is 0. The quantitative estimate of drug-likeness (QED) is 0.686. The molecule has 0 bridgehead atoms. The van der Waals surface area contributed by atoms with Crippen LogP contribution in [0.25, 0.3) is 0 Å². The van der Waals surface area contributed by atoms with Crippen LogP contribution in [-0.2, 0) is 0 Å². The molecule has 1 heterocycles. The first-order valence-corrected chi connectivity index (χ1v) is 6.05. The van der Waals surface area contributed by atoms with Crippen molar-refractivity contribution in [3.05, 3.63) is 0 Å². The molecule has 2 heteroatoms. The molecule has 14 heavy (non-hydrogen) atoms. The lowest BCUT2D eigenvalue weighted by Crippen LogP contribution is -2.42. The molecule has 2 nitrogen and oxygen atoms in total. The Bertz CT molecular complexity index is 160. The summed E-state index contributed by atoms with van der Waals surface area (Å²) in [5.41, 5.74) is 6.14. The van der Waals surface area contributed by atoms with Gasteiger partial charge < -0.3 is 10.6 Å². The topological polar surface area (TPSA) is 29.3 Å². The molecule has 2 N–H and O–H groups in total. The average Bonchev–Trinajstić information content (AvgIpc) is 2.52. The van der Waals surface area contributed by atoms with E-state index in [4.69, 9.17) is 5.73 Å². The standard InChI is InChI=1S/C12H26N2/c1-4-5-6-8-14-9-7-11(10-14)12(2,3)13/h11H,4-10,13H2,1-3H3. The van der Waals surface area contributed by atoms with Gasteiger partial charge in [0, 0.05) is 12.1 Å². The summed E-state index contributed by atoms with van der Waals surface area (Å²) in [6.07, 6.45) is 5.33. The third kappa shape index (κ3) is 3.58. The predicted octanol–water partition coefficient (Wildman–Crippen LogP) is 2.24. The minimum absolute atomic E-state index is 0.0134. The number of likely N-dealkylation sites (tertiary alicyclic amines) is 1. The van der Waals surface area contributed by atoms with E-state index in [2.05, 4.69) is 25.7 Å². The second-order valence-corrected chi connectivity index (χ2v) is 5.31. The Labute approximate surface area is 88.8 Å². The normalized spacial score (nSPS) is 24.4. The highest BCUT2D eigenvalue weighted by atomic mass is 15.1. The highest BCUT2D eigenvalue weighted by Gasteiger charge is 2.31. The summed E-state index contributed by atoms with van der Waals surface area (Å²) in [4.78, 5) is 2.58. The molecule has 0 amide bonds. The maximum absolute atomic E-state index is 6.13. The smallest absolute Gasteiger partial charge is 0.0138 e. The van der Waals surface area contributed by atoms with Crippen LogP contribution in [0.5, 0.6) is 0 Å². The van der Waals surface area contributed by atoms with Gasteiger partial charge in [0.05, 0.1) is 0 Å². The molecule has 0 radical (unpaired) electrons. The Morgan fingerprint density at radius 3 is 2.57 bits per heavy atom. The zero-order chi connectivity index (χ0) is 10.6. The summed E-state index contributed by atoms with van der Waals surface area (Å²) in [6, 6.07) is 0. The van der Waals surface area contributed by atoms with Crippen LogP contribution in [0.4, 0.5) is 0 Å². The lowest BCUT2D eigenvalue weighted by atomic mass is 9.88. The van der Waals surface area contributed by atoms with Crippen LogP contribution in [0.2, 0.25) is 0 Å². The Morgan fingerprint density at radius 2 is 2.07 bits per heavy atom. The first-order valence-electron chi connectivity index (χ1n) is 6.05. The molecule has 1 aliphatic rings. The van der Waals surface area contributed by atoms with E-state index in [1.807, 2.05) is 0 Å². The maximum Gasteiger partial charge on any atom is 0.0138 e. The van der Waals surface area contributed by atoms with E-state index in [0.717, 1.165) is 0 Å². The number of unbranched alkanes of at least 4 members (excludes halogenated alkanes) is 2. The zero-order valence-corrected chi connectivity index (χ0v) is 10.1. The van der Waals surface area contributed by atoms with Crippen molar-refractivity contribution in [1.29, 1.82) is 0 Å². The molecule has 0 aromatic heterocycles. The molecule has 0 aliphatic carbocycles. The van der Waals surface area contributed by atoms with Crippen molar-refractivity contribution in [3.63, 3.8) is 0 Å². The fourth-order valence-electron chi connectivity index (χ4n) is 2.23. The zero-order valence-electron chi connectivity index (χ0n) is 10.1. The Hall–Kier alpha value is -0.0800. The molecule has 1 saturated heterocycles. The molecule has 1 aliphatic heterocycles. The van der Waals surface area contributed by atoms with Crippen molar-refractivity contribution in [2.75, 3.05) is 19.6 Å². The van der Waals surface area contributed by atoms with Gasteiger partial charge in [0.15, 0.2) is 0 Å². The van der Waals surface area contributed by atoms with Gasteiger partial charge in [-0.3, -0.25) is 0 Å². The number of nitrogens with zero attached hydrogens (tertiary/aromatic N) is 1. The van der Waals surface area contributed by atoms with E-state index in [1.165, 1.54) is 45.3 Å². The van der Waals surface area contributed by atoms with Gasteiger partial charge in [0.2, 0.25) is 0 Å². The van der Waals surface area contributed by atoms with E-state index in [-0.39, 0.29) is 5.54 Å². The third-order valence-corrected chi connectivity index (χ3v) is 3.40. The SMILES string of the molecule is CCCCCN1CCC(C(C)(C)N)C1. The molecule has 1 rings (SSSR count). The molecular weight excluding hydrogens is 172 g/mol. The van der Waals surface area contributed by atoms with Gasteiger partial charge in [-0.1, -0.05) is 19.8 Å². The maximum atomic E-state index is 6.13. The summed E-state index contributed by atoms with van der Waals surface area (Å²) in [7, 11) is 0. The lowest BCUT2D eigenvalue weighted by molar-refractivity contribution is 0.277. The van der Waals surface area contributed by atoms with Gasteiger partial charge in [-0.15, -0.1) is 0 Å². The van der Waals surface area contributed by atoms with Gasteiger partial charge >= 0.3 is 0 Å². The highest BCUT2D eigenvalue weighted by molar-refractivity contribution is 4.89. The van der Waals surface area contributed by atoms with Crippen LogP contribution in [0.15, 0.2) is 0 Å². The van der Waals surface area contributed by atoms with E-state index in [1.54, 1.807) is 0 Å². The van der Waals surface area contributed by atoms with E-state index in [9.17, 15) is 0 Å². The molecule has 1 fully saturated rings. The second-order valence-electron chi connectivity index (χ2n) is 5.31. The van der Waals surface area contributed by atoms with E-state index in [0.29, 0.717) is 5.92 Å². The Kier molecular flexibility index (Phi) is 4.39. The average molecular weight is 198 g/mol. The molecule has 0 saturated carbocycles. The van der Waals surface area contributed by atoms with Crippen LogP contribution >= 0.6 is 0 Å². The predicted molar refractivity (Wildman–Crippen MR) is 62.3 cm³/mol. The molecular formula is C12H26N2. The Morgan fingerprint density at radius 1 is 1.36 bits per heavy atom. The summed E-state index contributed by atoms with van der Waals surface area (Å²) in [5.74, 6) is 0.698. The van der Waals surface area contributed by atoms with Gasteiger partial charge in [-0.05, 0) is 45.7 Å². The summed E-state index contributed by atoms with van der Waals surface area (Å²) in [5, 5.41) is 0. The third-order valence-electron chi connectivity index (χ3n) is 3.40. The summed E-state index contributed by atoms with van der Waals surface area (Å²) < 4.78 is 0. The van der Waals surface area contributed by atoms with E-state index < -0.39 is 0 Å². The lowest BCUT2D eigenvalue weighted by Gasteiger charge is -2.27. The number of hydrogen-bond donors (Lipinski definition) is 1. The van der Waals surface area contributed by atoms with Crippen LogP contribution < -0.4 is 5.73 Å². The van der Waals surface area contributed by atoms with Crippen molar-refractivity contribution >= 4 is 0 Å². The number of hydrogen-bond acceptors (Lipinski definition) is 2.